The van der Waals surface area contributed by atoms with Crippen molar-refractivity contribution in [3.05, 3.63) is 69.8 Å². The first kappa shape index (κ1) is 23.4. The van der Waals surface area contributed by atoms with Crippen LogP contribution in [0.15, 0.2) is 41.2 Å². The molecule has 1 aliphatic rings. The second-order valence-electron chi connectivity index (χ2n) is 8.11. The van der Waals surface area contributed by atoms with Crippen molar-refractivity contribution in [1.29, 1.82) is 0 Å². The number of nitrogens with zero attached hydrogens (tertiary/aromatic N) is 3. The molecule has 34 heavy (non-hydrogen) atoms. The molecular weight excluding hydrogens is 442 g/mol. The molecule has 1 aromatic heterocycles. The Bertz CT molecular complexity index is 1310. The molecule has 0 amide bonds. The van der Waals surface area contributed by atoms with E-state index in [1.807, 2.05) is 0 Å². The van der Waals surface area contributed by atoms with Gasteiger partial charge in [0.1, 0.15) is 5.82 Å². The zero-order valence-electron chi connectivity index (χ0n) is 18.9. The number of hydrogen-bond acceptors (Lipinski definition) is 5. The van der Waals surface area contributed by atoms with E-state index in [2.05, 4.69) is 15.1 Å². The average molecular weight is 466 g/mol. The van der Waals surface area contributed by atoms with Gasteiger partial charge in [-0.3, -0.25) is 9.36 Å². The van der Waals surface area contributed by atoms with Gasteiger partial charge in [-0.25, -0.2) is 13.6 Å². The third-order valence-electron chi connectivity index (χ3n) is 5.94. The Morgan fingerprint density at radius 2 is 1.85 bits per heavy atom. The molecular formula is C25H24F2N4O3. The van der Waals surface area contributed by atoms with Crippen molar-refractivity contribution in [2.24, 2.45) is 13.0 Å². The van der Waals surface area contributed by atoms with Gasteiger partial charge in [-0.1, -0.05) is 18.2 Å². The lowest BCUT2D eigenvalue weighted by atomic mass is 9.99. The van der Waals surface area contributed by atoms with Crippen molar-refractivity contribution in [2.45, 2.75) is 12.8 Å². The zero-order chi connectivity index (χ0) is 24.2. The summed E-state index contributed by atoms with van der Waals surface area (Å²) in [5, 5.41) is 3.29. The van der Waals surface area contributed by atoms with E-state index in [0.29, 0.717) is 12.5 Å². The quantitative estimate of drug-likeness (QED) is 0.548. The summed E-state index contributed by atoms with van der Waals surface area (Å²) in [5.74, 6) is -1.02. The normalized spacial score (nSPS) is 14.0. The van der Waals surface area contributed by atoms with Crippen LogP contribution in [-0.2, 0) is 7.05 Å². The van der Waals surface area contributed by atoms with E-state index in [4.69, 9.17) is 16.0 Å². The molecule has 1 aliphatic heterocycles. The molecule has 0 saturated carbocycles. The van der Waals surface area contributed by atoms with Crippen LogP contribution in [0.25, 0.3) is 27.2 Å². The summed E-state index contributed by atoms with van der Waals surface area (Å²) < 4.78 is 41.1. The molecule has 1 saturated heterocycles. The summed E-state index contributed by atoms with van der Waals surface area (Å²) in [6.07, 6.45) is 1.90. The second kappa shape index (κ2) is 10.0. The summed E-state index contributed by atoms with van der Waals surface area (Å²) in [7, 11) is 2.88. The number of halogens is 2. The number of rotatable bonds is 6. The van der Waals surface area contributed by atoms with Crippen LogP contribution in [0.4, 0.5) is 14.5 Å². The van der Waals surface area contributed by atoms with Gasteiger partial charge in [0.15, 0.2) is 11.6 Å². The fraction of sp³-hybridized carbons (Fsp3) is 0.320. The van der Waals surface area contributed by atoms with Gasteiger partial charge in [-0.2, -0.15) is 4.98 Å². The SMILES string of the molecule is [C-]#[N+]c1ccc(-c2nc(OCC3CCNCC3)n(C)c(=O)c2-c2ccc(OC)c(F)c2)cc1F. The summed E-state index contributed by atoms with van der Waals surface area (Å²) >= 11 is 0. The van der Waals surface area contributed by atoms with E-state index in [-0.39, 0.29) is 39.8 Å². The van der Waals surface area contributed by atoms with Crippen molar-refractivity contribution < 1.29 is 18.3 Å². The Balaban J connectivity index is 1.85. The highest BCUT2D eigenvalue weighted by molar-refractivity contribution is 5.81. The minimum Gasteiger partial charge on any atom is -0.494 e. The van der Waals surface area contributed by atoms with Crippen LogP contribution in [0.3, 0.4) is 0 Å². The molecule has 176 valence electrons. The van der Waals surface area contributed by atoms with Crippen molar-refractivity contribution in [3.8, 4) is 34.1 Å². The Hall–Kier alpha value is -3.77. The molecule has 0 aliphatic carbocycles. The summed E-state index contributed by atoms with van der Waals surface area (Å²) in [5.41, 5.74) is 0.162. The third-order valence-corrected chi connectivity index (χ3v) is 5.94. The summed E-state index contributed by atoms with van der Waals surface area (Å²) in [6, 6.07) is 8.21. The Labute approximate surface area is 195 Å². The molecule has 9 heteroatoms. The largest absolute Gasteiger partial charge is 0.494 e. The lowest BCUT2D eigenvalue weighted by Gasteiger charge is -2.23. The summed E-state index contributed by atoms with van der Waals surface area (Å²) in [6.45, 7) is 9.28. The van der Waals surface area contributed by atoms with E-state index >= 15 is 0 Å². The lowest BCUT2D eigenvalue weighted by Crippen LogP contribution is -2.31. The number of hydrogen-bond donors (Lipinski definition) is 1. The van der Waals surface area contributed by atoms with Gasteiger partial charge in [-0.05, 0) is 55.6 Å². The molecule has 3 aromatic rings. The Kier molecular flexibility index (Phi) is 6.89. The van der Waals surface area contributed by atoms with Crippen LogP contribution >= 0.6 is 0 Å². The van der Waals surface area contributed by atoms with Gasteiger partial charge in [0.05, 0.1) is 31.5 Å². The van der Waals surface area contributed by atoms with Crippen molar-refractivity contribution >= 4 is 5.69 Å². The van der Waals surface area contributed by atoms with E-state index in [1.165, 1.54) is 43.0 Å². The van der Waals surface area contributed by atoms with Crippen LogP contribution in [-0.4, -0.2) is 36.4 Å². The smallest absolute Gasteiger partial charge is 0.299 e. The van der Waals surface area contributed by atoms with E-state index < -0.39 is 17.2 Å². The maximum absolute atomic E-state index is 14.5. The number of piperidine rings is 1. The zero-order valence-corrected chi connectivity index (χ0v) is 18.9. The van der Waals surface area contributed by atoms with Gasteiger partial charge in [0, 0.05) is 12.6 Å². The van der Waals surface area contributed by atoms with Crippen LogP contribution in [0.2, 0.25) is 0 Å². The molecule has 0 atom stereocenters. The lowest BCUT2D eigenvalue weighted by molar-refractivity contribution is 0.195. The minimum atomic E-state index is -0.737. The molecule has 4 rings (SSSR count). The maximum atomic E-state index is 14.5. The summed E-state index contributed by atoms with van der Waals surface area (Å²) in [4.78, 5) is 21.1. The van der Waals surface area contributed by atoms with Crippen LogP contribution < -0.4 is 20.3 Å². The fourth-order valence-electron chi connectivity index (χ4n) is 3.99. The number of benzene rings is 2. The highest BCUT2D eigenvalue weighted by atomic mass is 19.1. The first-order valence-electron chi connectivity index (χ1n) is 10.9. The van der Waals surface area contributed by atoms with Gasteiger partial charge in [0.2, 0.25) is 5.69 Å². The number of methoxy groups -OCH3 is 1. The predicted molar refractivity (Wildman–Crippen MR) is 124 cm³/mol. The monoisotopic (exact) mass is 466 g/mol. The van der Waals surface area contributed by atoms with E-state index in [9.17, 15) is 13.6 Å². The number of aromatic nitrogens is 2. The molecule has 0 radical (unpaired) electrons. The van der Waals surface area contributed by atoms with Crippen LogP contribution in [0.1, 0.15) is 12.8 Å². The standard InChI is InChI=1S/C25H24F2N4O3/c1-28-20-6-4-17(13-18(20)26)23-22(16-5-7-21(33-3)19(27)12-16)24(32)31(2)25(30-23)34-14-15-8-10-29-11-9-15/h4-7,12-13,15,29H,8-11,14H2,2-3H3. The molecule has 1 N–H and O–H groups in total. The van der Waals surface area contributed by atoms with E-state index in [1.54, 1.807) is 6.07 Å². The van der Waals surface area contributed by atoms with Crippen molar-refractivity contribution in [2.75, 3.05) is 26.8 Å². The van der Waals surface area contributed by atoms with Gasteiger partial charge in [-0.15, -0.1) is 0 Å². The van der Waals surface area contributed by atoms with Crippen molar-refractivity contribution in [3.63, 3.8) is 0 Å². The Morgan fingerprint density at radius 1 is 1.15 bits per heavy atom. The average Bonchev–Trinajstić information content (AvgIpc) is 2.85. The van der Waals surface area contributed by atoms with Gasteiger partial charge >= 0.3 is 0 Å². The molecule has 0 unspecified atom stereocenters. The first-order chi connectivity index (χ1) is 16.4. The second-order valence-corrected chi connectivity index (χ2v) is 8.11. The molecule has 2 aromatic carbocycles. The minimum absolute atomic E-state index is 0.0319. The van der Waals surface area contributed by atoms with Gasteiger partial charge in [0.25, 0.3) is 11.6 Å². The van der Waals surface area contributed by atoms with Crippen LogP contribution in [0.5, 0.6) is 11.8 Å². The molecule has 1 fully saturated rings. The highest BCUT2D eigenvalue weighted by Gasteiger charge is 2.22. The maximum Gasteiger partial charge on any atom is 0.299 e. The van der Waals surface area contributed by atoms with E-state index in [0.717, 1.165) is 32.0 Å². The molecule has 7 nitrogen and oxygen atoms in total. The molecule has 0 spiro atoms. The molecule has 0 bridgehead atoms. The molecule has 2 heterocycles. The number of nitrogens with one attached hydrogen (secondary N) is 1. The highest BCUT2D eigenvalue weighted by Crippen LogP contribution is 2.33. The first-order valence-corrected chi connectivity index (χ1v) is 10.9. The number of ether oxygens (including phenoxy) is 2. The van der Waals surface area contributed by atoms with Gasteiger partial charge < -0.3 is 14.8 Å². The Morgan fingerprint density at radius 3 is 2.50 bits per heavy atom. The van der Waals surface area contributed by atoms with Crippen LogP contribution in [0, 0.1) is 24.1 Å². The topological polar surface area (TPSA) is 69.7 Å². The van der Waals surface area contributed by atoms with Crippen molar-refractivity contribution in [1.82, 2.24) is 14.9 Å². The predicted octanol–water partition coefficient (Wildman–Crippen LogP) is 4.33. The third kappa shape index (κ3) is 4.63. The fourth-order valence-corrected chi connectivity index (χ4v) is 3.99.